The summed E-state index contributed by atoms with van der Waals surface area (Å²) >= 11 is 0. The fraction of sp³-hybridized carbons (Fsp3) is 0.560. The molecule has 9 heteroatoms. The highest BCUT2D eigenvalue weighted by atomic mass is 16.5. The molecular weight excluding hydrogens is 430 g/mol. The molecule has 3 aromatic rings. The summed E-state index contributed by atoms with van der Waals surface area (Å²) in [6.45, 7) is 8.58. The molecule has 0 radical (unpaired) electrons. The number of hydrogen-bond donors (Lipinski definition) is 3. The van der Waals surface area contributed by atoms with E-state index >= 15 is 0 Å². The second-order valence-electron chi connectivity index (χ2n) is 9.64. The summed E-state index contributed by atoms with van der Waals surface area (Å²) in [6, 6.07) is 8.14. The van der Waals surface area contributed by atoms with Crippen molar-refractivity contribution in [3.8, 4) is 5.75 Å². The first-order valence-electron chi connectivity index (χ1n) is 12.4. The first kappa shape index (κ1) is 22.9. The predicted octanol–water partition coefficient (Wildman–Crippen LogP) is 2.81. The Bertz CT molecular complexity index is 1120. The zero-order valence-electron chi connectivity index (χ0n) is 20.1. The molecule has 0 spiro atoms. The van der Waals surface area contributed by atoms with Gasteiger partial charge in [-0.25, -0.2) is 0 Å². The van der Waals surface area contributed by atoms with Crippen molar-refractivity contribution < 1.29 is 9.84 Å². The molecule has 1 aromatic carbocycles. The molecule has 0 saturated carbocycles. The fourth-order valence-corrected chi connectivity index (χ4v) is 4.74. The Balaban J connectivity index is 1.55. The van der Waals surface area contributed by atoms with Crippen molar-refractivity contribution in [3.05, 3.63) is 41.6 Å². The minimum Gasteiger partial charge on any atom is -0.493 e. The molecule has 3 N–H and O–H groups in total. The van der Waals surface area contributed by atoms with Crippen LogP contribution in [0.25, 0.3) is 5.65 Å². The lowest BCUT2D eigenvalue weighted by Crippen LogP contribution is -2.37. The van der Waals surface area contributed by atoms with E-state index in [0.717, 1.165) is 54.9 Å². The topological polar surface area (TPSA) is 99.8 Å². The van der Waals surface area contributed by atoms with Crippen molar-refractivity contribution >= 4 is 17.5 Å². The number of anilines is 2. The number of aliphatic hydroxyl groups excluding tert-OH is 1. The van der Waals surface area contributed by atoms with Gasteiger partial charge in [-0.2, -0.15) is 19.6 Å². The van der Waals surface area contributed by atoms with Crippen LogP contribution in [0.15, 0.2) is 30.5 Å². The Morgan fingerprint density at radius 1 is 1.15 bits per heavy atom. The van der Waals surface area contributed by atoms with E-state index in [9.17, 15) is 5.11 Å². The normalized spacial score (nSPS) is 21.7. The van der Waals surface area contributed by atoms with Crippen molar-refractivity contribution in [2.75, 3.05) is 43.0 Å². The highest BCUT2D eigenvalue weighted by Gasteiger charge is 2.28. The van der Waals surface area contributed by atoms with E-state index in [1.165, 1.54) is 0 Å². The van der Waals surface area contributed by atoms with Gasteiger partial charge in [-0.1, -0.05) is 32.0 Å². The Kier molecular flexibility index (Phi) is 6.82. The summed E-state index contributed by atoms with van der Waals surface area (Å²) in [5.74, 6) is 2.71. The van der Waals surface area contributed by atoms with E-state index in [0.29, 0.717) is 44.1 Å². The van der Waals surface area contributed by atoms with E-state index in [4.69, 9.17) is 14.7 Å². The van der Waals surface area contributed by atoms with E-state index in [1.54, 1.807) is 4.52 Å². The number of aliphatic hydroxyl groups is 1. The lowest BCUT2D eigenvalue weighted by molar-refractivity contribution is 0.150. The number of β-amino-alcohol motifs (C(OH)–C–C–N with tert-alkyl or cyclic N) is 1. The van der Waals surface area contributed by atoms with Gasteiger partial charge in [0.2, 0.25) is 11.9 Å². The minimum absolute atomic E-state index is 0.153. The van der Waals surface area contributed by atoms with Crippen LogP contribution < -0.4 is 20.3 Å². The number of nitrogens with one attached hydrogen (secondary N) is 2. The van der Waals surface area contributed by atoms with Crippen LogP contribution in [-0.2, 0) is 6.54 Å². The summed E-state index contributed by atoms with van der Waals surface area (Å²) in [5.41, 5.74) is 3.01. The molecule has 34 heavy (non-hydrogen) atoms. The molecule has 0 aliphatic carbocycles. The van der Waals surface area contributed by atoms with E-state index in [1.807, 2.05) is 24.4 Å². The second kappa shape index (κ2) is 10.1. The largest absolute Gasteiger partial charge is 0.493 e. The number of hydrogen-bond acceptors (Lipinski definition) is 8. The van der Waals surface area contributed by atoms with Crippen LogP contribution in [0.5, 0.6) is 5.75 Å². The lowest BCUT2D eigenvalue weighted by atomic mass is 10.1. The quantitative estimate of drug-likeness (QED) is 0.543. The standard InChI is InChI=1S/C25H35N7O2/c1-17(2)20-14-28-32-23(20)29-25-30-24(32)27-13-18-8-4-5-9-22(18)34-11-7-3-6-10-31(25)16-19-12-26-15-21(19)33/h4-5,8-9,14,17,19,21,26,33H,3,6-7,10-13,15-16H2,1-2H3,(H,27,29,30)/t19-,21+/m0/s1. The molecule has 182 valence electrons. The summed E-state index contributed by atoms with van der Waals surface area (Å²) in [7, 11) is 0. The highest BCUT2D eigenvalue weighted by Crippen LogP contribution is 2.26. The van der Waals surface area contributed by atoms with Gasteiger partial charge in [0.05, 0.1) is 18.9 Å². The molecule has 5 rings (SSSR count). The Labute approximate surface area is 200 Å². The maximum absolute atomic E-state index is 10.4. The zero-order valence-corrected chi connectivity index (χ0v) is 20.1. The molecule has 2 bridgehead atoms. The van der Waals surface area contributed by atoms with Gasteiger partial charge in [-0.15, -0.1) is 0 Å². The van der Waals surface area contributed by atoms with Gasteiger partial charge < -0.3 is 25.4 Å². The molecule has 1 saturated heterocycles. The van der Waals surface area contributed by atoms with Crippen LogP contribution >= 0.6 is 0 Å². The lowest BCUT2D eigenvalue weighted by Gasteiger charge is -2.27. The number of benzene rings is 1. The molecule has 2 aromatic heterocycles. The molecule has 4 heterocycles. The third kappa shape index (κ3) is 4.81. The van der Waals surface area contributed by atoms with Crippen molar-refractivity contribution in [1.29, 1.82) is 0 Å². The van der Waals surface area contributed by atoms with Gasteiger partial charge in [-0.05, 0) is 31.2 Å². The van der Waals surface area contributed by atoms with Crippen LogP contribution in [0.2, 0.25) is 0 Å². The Morgan fingerprint density at radius 3 is 2.85 bits per heavy atom. The maximum Gasteiger partial charge on any atom is 0.230 e. The average Bonchev–Trinajstić information content (AvgIpc) is 3.45. The predicted molar refractivity (Wildman–Crippen MR) is 133 cm³/mol. The molecule has 0 unspecified atom stereocenters. The monoisotopic (exact) mass is 465 g/mol. The molecule has 0 amide bonds. The minimum atomic E-state index is -0.347. The first-order valence-corrected chi connectivity index (χ1v) is 12.4. The van der Waals surface area contributed by atoms with Gasteiger partial charge in [0.25, 0.3) is 0 Å². The van der Waals surface area contributed by atoms with Crippen LogP contribution in [0.3, 0.4) is 0 Å². The van der Waals surface area contributed by atoms with Gasteiger partial charge in [0.1, 0.15) is 5.75 Å². The Morgan fingerprint density at radius 2 is 2.03 bits per heavy atom. The van der Waals surface area contributed by atoms with Crippen molar-refractivity contribution in [2.24, 2.45) is 5.92 Å². The number of rotatable bonds is 3. The summed E-state index contributed by atoms with van der Waals surface area (Å²) in [5, 5.41) is 21.9. The molecule has 1 fully saturated rings. The molecule has 2 aliphatic heterocycles. The third-order valence-electron chi connectivity index (χ3n) is 6.79. The van der Waals surface area contributed by atoms with Gasteiger partial charge >= 0.3 is 0 Å². The number of ether oxygens (including phenoxy) is 1. The van der Waals surface area contributed by atoms with Crippen molar-refractivity contribution in [1.82, 2.24) is 24.9 Å². The van der Waals surface area contributed by atoms with Gasteiger partial charge in [-0.3, -0.25) is 0 Å². The van der Waals surface area contributed by atoms with E-state index < -0.39 is 0 Å². The van der Waals surface area contributed by atoms with E-state index in [2.05, 4.69) is 40.5 Å². The summed E-state index contributed by atoms with van der Waals surface area (Å²) in [4.78, 5) is 12.2. The average molecular weight is 466 g/mol. The van der Waals surface area contributed by atoms with Crippen LogP contribution in [0, 0.1) is 5.92 Å². The van der Waals surface area contributed by atoms with Gasteiger partial charge in [0.15, 0.2) is 5.65 Å². The Hall–Kier alpha value is -2.91. The molecule has 9 nitrogen and oxygen atoms in total. The molecule has 2 atom stereocenters. The van der Waals surface area contributed by atoms with E-state index in [-0.39, 0.29) is 12.0 Å². The van der Waals surface area contributed by atoms with Crippen LogP contribution in [-0.4, -0.2) is 63.6 Å². The highest BCUT2D eigenvalue weighted by molar-refractivity contribution is 5.56. The van der Waals surface area contributed by atoms with Crippen LogP contribution in [0.4, 0.5) is 11.9 Å². The molecular formula is C25H35N7O2. The smallest absolute Gasteiger partial charge is 0.230 e. The number of nitrogens with zero attached hydrogens (tertiary/aromatic N) is 5. The number of fused-ring (bicyclic) bond motifs is 5. The fourth-order valence-electron chi connectivity index (χ4n) is 4.74. The summed E-state index contributed by atoms with van der Waals surface area (Å²) in [6.07, 6.45) is 4.61. The second-order valence-corrected chi connectivity index (χ2v) is 9.64. The first-order chi connectivity index (χ1) is 16.6. The SMILES string of the molecule is CC(C)c1cnn2c3nc(nc12)N(C[C@@H]1CNC[C@H]1O)CCCCCOc1ccccc1CN3. The number of para-hydroxylation sites is 1. The maximum atomic E-state index is 10.4. The van der Waals surface area contributed by atoms with Crippen LogP contribution in [0.1, 0.15) is 50.2 Å². The molecule has 2 aliphatic rings. The van der Waals surface area contributed by atoms with Crippen molar-refractivity contribution in [2.45, 2.75) is 51.7 Å². The van der Waals surface area contributed by atoms with Gasteiger partial charge in [0, 0.05) is 49.8 Å². The zero-order chi connectivity index (χ0) is 23.5. The van der Waals surface area contributed by atoms with Crippen molar-refractivity contribution in [3.63, 3.8) is 0 Å². The summed E-state index contributed by atoms with van der Waals surface area (Å²) < 4.78 is 7.91. The number of aromatic nitrogens is 4. The third-order valence-corrected chi connectivity index (χ3v) is 6.79.